The van der Waals surface area contributed by atoms with Gasteiger partial charge in [-0.15, -0.1) is 0 Å². The maximum absolute atomic E-state index is 5.96. The van der Waals surface area contributed by atoms with Crippen molar-refractivity contribution in [3.8, 4) is 0 Å². The molecule has 0 heterocycles. The molecule has 0 fully saturated rings. The summed E-state index contributed by atoms with van der Waals surface area (Å²) in [5.41, 5.74) is 2.53. The van der Waals surface area contributed by atoms with Gasteiger partial charge in [-0.1, -0.05) is 0 Å². The van der Waals surface area contributed by atoms with Gasteiger partial charge in [-0.3, -0.25) is 0 Å². The van der Waals surface area contributed by atoms with E-state index in [-0.39, 0.29) is 0 Å². The standard InChI is InChI=1S/C27H30OSe/c1-4-11-24(12-5-1)15-10-16-25(20-22-29-27-17-8-3-9-18-27)19-21-28-23-26-13-6-2-7-14-26/h1-15,17-18,25H,16,19-23H2/b15-10+/t25-/m0/s1. The van der Waals surface area contributed by atoms with Crippen molar-refractivity contribution in [3.05, 3.63) is 108 Å². The van der Waals surface area contributed by atoms with Crippen LogP contribution in [0.2, 0.25) is 5.32 Å². The molecule has 1 atom stereocenters. The third kappa shape index (κ3) is 8.83. The summed E-state index contributed by atoms with van der Waals surface area (Å²) in [6.07, 6.45) is 8.10. The molecule has 3 rings (SSSR count). The van der Waals surface area contributed by atoms with Crippen molar-refractivity contribution in [1.29, 1.82) is 0 Å². The quantitative estimate of drug-likeness (QED) is 0.238. The molecule has 3 aromatic carbocycles. The van der Waals surface area contributed by atoms with Crippen molar-refractivity contribution in [2.24, 2.45) is 5.92 Å². The fourth-order valence-corrected chi connectivity index (χ4v) is 5.39. The Morgan fingerprint density at radius 3 is 2.14 bits per heavy atom. The SMILES string of the molecule is C(=C\c1ccccc1)/C[C@@H](CCOCc1ccccc1)CC[Se]c1ccccc1. The van der Waals surface area contributed by atoms with E-state index >= 15 is 0 Å². The molecule has 0 radical (unpaired) electrons. The summed E-state index contributed by atoms with van der Waals surface area (Å²) < 4.78 is 7.46. The molecule has 150 valence electrons. The Kier molecular flexibility index (Phi) is 9.80. The average molecular weight is 449 g/mol. The number of benzene rings is 3. The number of hydrogen-bond acceptors (Lipinski definition) is 1. The molecule has 0 bridgehead atoms. The van der Waals surface area contributed by atoms with Gasteiger partial charge in [0.2, 0.25) is 0 Å². The number of ether oxygens (including phenoxy) is 1. The Morgan fingerprint density at radius 1 is 0.759 bits per heavy atom. The summed E-state index contributed by atoms with van der Waals surface area (Å²) in [7, 11) is 0. The van der Waals surface area contributed by atoms with Crippen LogP contribution in [-0.4, -0.2) is 21.6 Å². The second-order valence-electron chi connectivity index (χ2n) is 7.19. The summed E-state index contributed by atoms with van der Waals surface area (Å²) in [4.78, 5) is 0. The first kappa shape index (κ1) is 21.6. The van der Waals surface area contributed by atoms with Gasteiger partial charge < -0.3 is 0 Å². The molecular weight excluding hydrogens is 419 g/mol. The number of allylic oxidation sites excluding steroid dienone is 1. The van der Waals surface area contributed by atoms with E-state index in [0.717, 1.165) is 19.4 Å². The van der Waals surface area contributed by atoms with Crippen LogP contribution in [0.1, 0.15) is 30.4 Å². The molecule has 0 aliphatic carbocycles. The van der Waals surface area contributed by atoms with Gasteiger partial charge in [0.05, 0.1) is 0 Å². The zero-order valence-corrected chi connectivity index (χ0v) is 18.7. The van der Waals surface area contributed by atoms with Crippen LogP contribution in [-0.2, 0) is 11.3 Å². The van der Waals surface area contributed by atoms with Crippen molar-refractivity contribution in [3.63, 3.8) is 0 Å². The summed E-state index contributed by atoms with van der Waals surface area (Å²) >= 11 is 0.563. The van der Waals surface area contributed by atoms with Gasteiger partial charge in [0.15, 0.2) is 0 Å². The third-order valence-electron chi connectivity index (χ3n) is 4.90. The van der Waals surface area contributed by atoms with E-state index in [1.807, 2.05) is 6.07 Å². The molecule has 2 heteroatoms. The van der Waals surface area contributed by atoms with E-state index in [1.165, 1.54) is 27.3 Å². The first-order valence-electron chi connectivity index (χ1n) is 10.4. The van der Waals surface area contributed by atoms with Gasteiger partial charge >= 0.3 is 182 Å². The van der Waals surface area contributed by atoms with E-state index < -0.39 is 0 Å². The second-order valence-corrected chi connectivity index (χ2v) is 9.64. The number of hydrogen-bond donors (Lipinski definition) is 0. The molecule has 0 spiro atoms. The van der Waals surface area contributed by atoms with Crippen LogP contribution in [0.15, 0.2) is 97.1 Å². The Morgan fingerprint density at radius 2 is 1.41 bits per heavy atom. The summed E-state index contributed by atoms with van der Waals surface area (Å²) in [5, 5.41) is 1.29. The van der Waals surface area contributed by atoms with E-state index in [2.05, 4.69) is 97.1 Å². The molecule has 3 aromatic rings. The summed E-state index contributed by atoms with van der Waals surface area (Å²) in [6.45, 7) is 1.54. The monoisotopic (exact) mass is 450 g/mol. The zero-order chi connectivity index (χ0) is 20.0. The van der Waals surface area contributed by atoms with Gasteiger partial charge in [-0.2, -0.15) is 0 Å². The molecule has 0 aliphatic rings. The van der Waals surface area contributed by atoms with Gasteiger partial charge in [0.1, 0.15) is 0 Å². The topological polar surface area (TPSA) is 9.23 Å². The molecule has 1 nitrogen and oxygen atoms in total. The van der Waals surface area contributed by atoms with E-state index in [0.29, 0.717) is 27.5 Å². The van der Waals surface area contributed by atoms with Crippen molar-refractivity contribution < 1.29 is 4.74 Å². The zero-order valence-electron chi connectivity index (χ0n) is 17.0. The second kappa shape index (κ2) is 13.2. The Labute approximate surface area is 182 Å². The number of rotatable bonds is 12. The fraction of sp³-hybridized carbons (Fsp3) is 0.259. The molecule has 0 amide bonds. The Balaban J connectivity index is 1.45. The minimum absolute atomic E-state index is 0.563. The van der Waals surface area contributed by atoms with Gasteiger partial charge in [0, 0.05) is 0 Å². The van der Waals surface area contributed by atoms with Crippen molar-refractivity contribution in [1.82, 2.24) is 0 Å². The molecule has 0 aliphatic heterocycles. The fourth-order valence-electron chi connectivity index (χ4n) is 3.22. The Bertz CT molecular complexity index is 815. The van der Waals surface area contributed by atoms with Gasteiger partial charge in [-0.05, 0) is 0 Å². The molecular formula is C27H30OSe. The van der Waals surface area contributed by atoms with Crippen LogP contribution in [0, 0.1) is 5.92 Å². The molecule has 0 aromatic heterocycles. The minimum atomic E-state index is 0.563. The van der Waals surface area contributed by atoms with E-state index in [1.54, 1.807) is 0 Å². The van der Waals surface area contributed by atoms with Gasteiger partial charge in [-0.25, -0.2) is 0 Å². The van der Waals surface area contributed by atoms with Gasteiger partial charge in [0.25, 0.3) is 0 Å². The van der Waals surface area contributed by atoms with Crippen LogP contribution < -0.4 is 4.46 Å². The maximum atomic E-state index is 5.96. The average Bonchev–Trinajstić information content (AvgIpc) is 2.78. The first-order chi connectivity index (χ1) is 14.4. The predicted octanol–water partition coefficient (Wildman–Crippen LogP) is 6.15. The van der Waals surface area contributed by atoms with E-state index in [4.69, 9.17) is 4.74 Å². The summed E-state index contributed by atoms with van der Waals surface area (Å²) in [6, 6.07) is 31.9. The van der Waals surface area contributed by atoms with Crippen LogP contribution in [0.3, 0.4) is 0 Å². The summed E-state index contributed by atoms with van der Waals surface area (Å²) in [5.74, 6) is 0.677. The normalized spacial score (nSPS) is 12.3. The molecule has 0 unspecified atom stereocenters. The molecule has 0 N–H and O–H groups in total. The van der Waals surface area contributed by atoms with Crippen LogP contribution in [0.5, 0.6) is 0 Å². The third-order valence-corrected chi connectivity index (χ3v) is 7.09. The molecule has 29 heavy (non-hydrogen) atoms. The van der Waals surface area contributed by atoms with Crippen molar-refractivity contribution in [2.45, 2.75) is 31.2 Å². The molecule has 0 saturated heterocycles. The van der Waals surface area contributed by atoms with Crippen molar-refractivity contribution >= 4 is 25.5 Å². The molecule has 0 saturated carbocycles. The van der Waals surface area contributed by atoms with E-state index in [9.17, 15) is 0 Å². The van der Waals surface area contributed by atoms with Crippen LogP contribution in [0.25, 0.3) is 6.08 Å². The first-order valence-corrected chi connectivity index (χ1v) is 12.5. The van der Waals surface area contributed by atoms with Crippen LogP contribution >= 0.6 is 0 Å². The van der Waals surface area contributed by atoms with Crippen LogP contribution in [0.4, 0.5) is 0 Å². The predicted molar refractivity (Wildman–Crippen MR) is 126 cm³/mol. The van der Waals surface area contributed by atoms with Crippen molar-refractivity contribution in [2.75, 3.05) is 6.61 Å². The Hall–Kier alpha value is -2.12.